The fraction of sp³-hybridized carbons (Fsp3) is 0.0175. The minimum atomic E-state index is -0.306. The smallest absolute Gasteiger partial charge is 0.159 e. The second-order valence-corrected chi connectivity index (χ2v) is 15.8. The number of nitrogens with zero attached hydrogens (tertiary/aromatic N) is 2. The third kappa shape index (κ3) is 6.16. The number of hydrogen-bond donors (Lipinski definition) is 1. The van der Waals surface area contributed by atoms with Crippen LogP contribution in [-0.2, 0) is 0 Å². The molecule has 4 nitrogen and oxygen atoms in total. The van der Waals surface area contributed by atoms with Gasteiger partial charge in [-0.25, -0.2) is 9.98 Å². The van der Waals surface area contributed by atoms with E-state index in [1.807, 2.05) is 24.3 Å². The first-order chi connectivity index (χ1) is 30.2. The molecule has 1 atom stereocenters. The van der Waals surface area contributed by atoms with Gasteiger partial charge in [0.1, 0.15) is 23.2 Å². The molecular formula is C57H37N3O. The highest BCUT2D eigenvalue weighted by molar-refractivity contribution is 6.26. The molecule has 0 saturated carbocycles. The summed E-state index contributed by atoms with van der Waals surface area (Å²) < 4.78 is 6.55. The van der Waals surface area contributed by atoms with Gasteiger partial charge in [0.15, 0.2) is 5.84 Å². The van der Waals surface area contributed by atoms with Gasteiger partial charge in [-0.15, -0.1) is 0 Å². The van der Waals surface area contributed by atoms with Gasteiger partial charge in [0.25, 0.3) is 0 Å². The van der Waals surface area contributed by atoms with Crippen molar-refractivity contribution in [3.63, 3.8) is 0 Å². The van der Waals surface area contributed by atoms with E-state index in [1.165, 1.54) is 49.0 Å². The average molecular weight is 780 g/mol. The zero-order valence-electron chi connectivity index (χ0n) is 33.1. The topological polar surface area (TPSA) is 49.9 Å². The molecule has 12 rings (SSSR count). The maximum absolute atomic E-state index is 6.55. The number of nitrogens with one attached hydrogen (secondary N) is 1. The standard InChI is InChI=1S/C57H37N3O/c1-3-11-36(12-4-1)37-19-21-38(22-20-37)39-23-25-41(26-24-39)56-58-55(40-13-5-2-6-14-40)59-57(60-56)44-28-31-50-52-34-43(29-32-53(52)61-54(50)35-44)42-27-30-49-47-17-8-7-15-45(47)46-16-9-10-18-48(46)51(49)33-42/h1-35,55H,(H,58,59,60). The lowest BCUT2D eigenvalue weighted by Gasteiger charge is -2.23. The number of furan rings is 1. The highest BCUT2D eigenvalue weighted by atomic mass is 16.3. The molecule has 0 aliphatic carbocycles. The quantitative estimate of drug-likeness (QED) is 0.171. The largest absolute Gasteiger partial charge is 0.456 e. The third-order valence-corrected chi connectivity index (χ3v) is 12.1. The van der Waals surface area contributed by atoms with Crippen molar-refractivity contribution in [2.45, 2.75) is 6.17 Å². The van der Waals surface area contributed by atoms with Gasteiger partial charge in [-0.3, -0.25) is 0 Å². The fourth-order valence-corrected chi connectivity index (χ4v) is 9.02. The van der Waals surface area contributed by atoms with Crippen LogP contribution in [0.4, 0.5) is 0 Å². The molecule has 0 fully saturated rings. The van der Waals surface area contributed by atoms with Crippen molar-refractivity contribution >= 4 is 65.9 Å². The van der Waals surface area contributed by atoms with E-state index < -0.39 is 0 Å². The van der Waals surface area contributed by atoms with Crippen LogP contribution in [-0.4, -0.2) is 11.7 Å². The number of fused-ring (bicyclic) bond motifs is 9. The van der Waals surface area contributed by atoms with E-state index in [2.05, 4.69) is 193 Å². The van der Waals surface area contributed by atoms with Crippen LogP contribution in [0.5, 0.6) is 0 Å². The highest BCUT2D eigenvalue weighted by Crippen LogP contribution is 2.39. The maximum Gasteiger partial charge on any atom is 0.159 e. The molecule has 286 valence electrons. The van der Waals surface area contributed by atoms with Crippen LogP contribution in [0.15, 0.2) is 227 Å². The molecule has 1 aromatic heterocycles. The number of benzene rings is 10. The zero-order chi connectivity index (χ0) is 40.3. The Morgan fingerprint density at radius 1 is 0.328 bits per heavy atom. The Hall–Kier alpha value is -8.08. The summed E-state index contributed by atoms with van der Waals surface area (Å²) in [4.78, 5) is 10.3. The molecule has 1 aliphatic rings. The monoisotopic (exact) mass is 779 g/mol. The van der Waals surface area contributed by atoms with Gasteiger partial charge in [0, 0.05) is 21.9 Å². The lowest BCUT2D eigenvalue weighted by Crippen LogP contribution is -2.33. The summed E-state index contributed by atoms with van der Waals surface area (Å²) in [5.41, 5.74) is 11.7. The Morgan fingerprint density at radius 2 is 0.787 bits per heavy atom. The number of rotatable bonds is 6. The predicted molar refractivity (Wildman–Crippen MR) is 254 cm³/mol. The summed E-state index contributed by atoms with van der Waals surface area (Å²) >= 11 is 0. The van der Waals surface area contributed by atoms with Crippen LogP contribution in [0.2, 0.25) is 0 Å². The predicted octanol–water partition coefficient (Wildman–Crippen LogP) is 14.5. The third-order valence-electron chi connectivity index (χ3n) is 12.1. The average Bonchev–Trinajstić information content (AvgIpc) is 3.72. The van der Waals surface area contributed by atoms with E-state index in [1.54, 1.807) is 0 Å². The second-order valence-electron chi connectivity index (χ2n) is 15.8. The lowest BCUT2D eigenvalue weighted by molar-refractivity contribution is 0.666. The lowest BCUT2D eigenvalue weighted by atomic mass is 9.92. The molecule has 10 aromatic carbocycles. The molecule has 1 N–H and O–H groups in total. The Bertz CT molecular complexity index is 3500. The molecule has 0 radical (unpaired) electrons. The Kier molecular flexibility index (Phi) is 8.20. The van der Waals surface area contributed by atoms with E-state index in [-0.39, 0.29) is 6.17 Å². The Morgan fingerprint density at radius 3 is 1.43 bits per heavy atom. The molecule has 11 aromatic rings. The van der Waals surface area contributed by atoms with Crippen LogP contribution in [0.25, 0.3) is 87.6 Å². The molecule has 0 spiro atoms. The molecule has 0 bridgehead atoms. The van der Waals surface area contributed by atoms with Crippen molar-refractivity contribution in [1.82, 2.24) is 5.32 Å². The molecule has 2 heterocycles. The van der Waals surface area contributed by atoms with Crippen molar-refractivity contribution in [2.75, 3.05) is 0 Å². The fourth-order valence-electron chi connectivity index (χ4n) is 9.02. The number of aliphatic imine (C=N–C) groups is 2. The minimum Gasteiger partial charge on any atom is -0.456 e. The van der Waals surface area contributed by atoms with Gasteiger partial charge in [0.05, 0.1) is 0 Å². The first-order valence-electron chi connectivity index (χ1n) is 20.7. The van der Waals surface area contributed by atoms with Gasteiger partial charge in [-0.2, -0.15) is 0 Å². The van der Waals surface area contributed by atoms with Crippen molar-refractivity contribution < 1.29 is 4.42 Å². The highest BCUT2D eigenvalue weighted by Gasteiger charge is 2.22. The van der Waals surface area contributed by atoms with Gasteiger partial charge >= 0.3 is 0 Å². The summed E-state index contributed by atoms with van der Waals surface area (Å²) in [6, 6.07) is 75.3. The Labute approximate surface area is 352 Å². The van der Waals surface area contributed by atoms with E-state index in [4.69, 9.17) is 14.4 Å². The van der Waals surface area contributed by atoms with Crippen molar-refractivity contribution in [3.05, 3.63) is 229 Å². The van der Waals surface area contributed by atoms with E-state index >= 15 is 0 Å². The van der Waals surface area contributed by atoms with Crippen molar-refractivity contribution in [2.24, 2.45) is 9.98 Å². The summed E-state index contributed by atoms with van der Waals surface area (Å²) in [6.07, 6.45) is -0.306. The van der Waals surface area contributed by atoms with Crippen LogP contribution in [0, 0.1) is 0 Å². The second kappa shape index (κ2) is 14.3. The van der Waals surface area contributed by atoms with Gasteiger partial charge in [0.2, 0.25) is 0 Å². The minimum absolute atomic E-state index is 0.306. The molecule has 61 heavy (non-hydrogen) atoms. The normalized spacial score (nSPS) is 14.1. The number of hydrogen-bond acceptors (Lipinski definition) is 4. The molecule has 4 heteroatoms. The zero-order valence-corrected chi connectivity index (χ0v) is 33.1. The van der Waals surface area contributed by atoms with E-state index in [9.17, 15) is 0 Å². The van der Waals surface area contributed by atoms with E-state index in [0.29, 0.717) is 5.84 Å². The van der Waals surface area contributed by atoms with Crippen LogP contribution >= 0.6 is 0 Å². The SMILES string of the molecule is c1ccc(-c2ccc(-c3ccc(C4=NC(c5ccccc5)NC(c5ccc6c(c5)oc5ccc(-c7ccc8c9ccccc9c9ccccc9c8c7)cc56)=N4)cc3)cc2)cc1. The van der Waals surface area contributed by atoms with Gasteiger partial charge in [-0.05, 0) is 102 Å². The van der Waals surface area contributed by atoms with Gasteiger partial charge < -0.3 is 9.73 Å². The summed E-state index contributed by atoms with van der Waals surface area (Å²) in [5.74, 6) is 1.43. The van der Waals surface area contributed by atoms with Crippen molar-refractivity contribution in [1.29, 1.82) is 0 Å². The van der Waals surface area contributed by atoms with Gasteiger partial charge in [-0.1, -0.05) is 182 Å². The molecule has 0 amide bonds. The summed E-state index contributed by atoms with van der Waals surface area (Å²) in [6.45, 7) is 0. The summed E-state index contributed by atoms with van der Waals surface area (Å²) in [5, 5.41) is 13.4. The van der Waals surface area contributed by atoms with Crippen LogP contribution in [0.3, 0.4) is 0 Å². The molecule has 0 saturated heterocycles. The number of amidine groups is 2. The van der Waals surface area contributed by atoms with Crippen molar-refractivity contribution in [3.8, 4) is 33.4 Å². The molecule has 1 unspecified atom stereocenters. The Balaban J connectivity index is 0.887. The molecular weight excluding hydrogens is 743 g/mol. The maximum atomic E-state index is 6.55. The first kappa shape index (κ1) is 34.9. The molecule has 1 aliphatic heterocycles. The van der Waals surface area contributed by atoms with Crippen LogP contribution < -0.4 is 5.32 Å². The first-order valence-corrected chi connectivity index (χ1v) is 20.7. The van der Waals surface area contributed by atoms with E-state index in [0.717, 1.165) is 61.2 Å². The van der Waals surface area contributed by atoms with Crippen LogP contribution in [0.1, 0.15) is 22.9 Å². The summed E-state index contributed by atoms with van der Waals surface area (Å²) in [7, 11) is 0.